The van der Waals surface area contributed by atoms with Crippen molar-refractivity contribution in [3.05, 3.63) is 185 Å². The molecule has 14 nitrogen and oxygen atoms in total. The number of aromatic amines is 1. The van der Waals surface area contributed by atoms with Crippen molar-refractivity contribution in [3.63, 3.8) is 0 Å². The largest absolute Gasteiger partial charge is 0.491 e. The van der Waals surface area contributed by atoms with Crippen molar-refractivity contribution < 1.29 is 29.0 Å². The molecule has 66 heavy (non-hydrogen) atoms. The number of aromatic nitrogens is 5. The van der Waals surface area contributed by atoms with Crippen LogP contribution in [0, 0.1) is 17.8 Å². The van der Waals surface area contributed by atoms with E-state index >= 15 is 14.4 Å². The number of ether oxygens (including phenoxy) is 2. The number of cyclic esters (lactones) is 1. The Balaban J connectivity index is 1.13. The van der Waals surface area contributed by atoms with Gasteiger partial charge in [-0.25, -0.2) is 9.67 Å². The van der Waals surface area contributed by atoms with Gasteiger partial charge in [0, 0.05) is 16.8 Å². The minimum Gasteiger partial charge on any atom is -0.491 e. The van der Waals surface area contributed by atoms with E-state index in [-0.39, 0.29) is 26.3 Å². The third-order valence-electron chi connectivity index (χ3n) is 12.9. The molecule has 1 spiro atoms. The quantitative estimate of drug-likeness (QED) is 0.0899. The molecule has 11 rings (SSSR count). The normalized spacial score (nSPS) is 22.0. The highest BCUT2D eigenvalue weighted by atomic mass is 16.6. The second-order valence-corrected chi connectivity index (χ2v) is 16.5. The summed E-state index contributed by atoms with van der Waals surface area (Å²) in [4.78, 5) is 56.6. The van der Waals surface area contributed by atoms with E-state index in [1.807, 2.05) is 144 Å². The molecular weight excluding hydrogens is 833 g/mol. The Labute approximate surface area is 378 Å². The Kier molecular flexibility index (Phi) is 10.3. The molecule has 6 atom stereocenters. The molecule has 4 N–H and O–H groups in total. The van der Waals surface area contributed by atoms with Crippen LogP contribution >= 0.6 is 0 Å². The van der Waals surface area contributed by atoms with Crippen LogP contribution in [-0.4, -0.2) is 72.0 Å². The van der Waals surface area contributed by atoms with Gasteiger partial charge < -0.3 is 30.2 Å². The number of carbonyl (C=O) groups is 3. The standard InChI is InChI=1S/C52H42N8O6/c61-28-29-65-42-24-12-7-19-35(42)48-52(36-30-32(25-26-37(36)56-51(52)64)14-13-27-59-41-23-11-10-22-40(41)57-58-59)44(49(62)53-31-43-54-38-20-8-9-21-39(38)55-43)46-50(63)66-47(34-17-5-2-6-18-34)45(60(46)48)33-15-3-1-4-16-33/h1-12,15-26,30,44-48,61H,27-29,31H2,(H,53,62)(H,54,55)(H,56,64). The number of benzene rings is 6. The van der Waals surface area contributed by atoms with E-state index < -0.39 is 53.3 Å². The first-order valence-corrected chi connectivity index (χ1v) is 21.8. The molecule has 5 heterocycles. The number of rotatable bonds is 10. The van der Waals surface area contributed by atoms with Crippen LogP contribution in [0.2, 0.25) is 0 Å². The maximum atomic E-state index is 15.7. The summed E-state index contributed by atoms with van der Waals surface area (Å²) >= 11 is 0. The lowest BCUT2D eigenvalue weighted by molar-refractivity contribution is -0.178. The number of anilines is 1. The summed E-state index contributed by atoms with van der Waals surface area (Å²) < 4.78 is 14.6. The number of hydrogen-bond donors (Lipinski definition) is 4. The number of aliphatic hydroxyl groups excluding tert-OH is 1. The van der Waals surface area contributed by atoms with Crippen LogP contribution < -0.4 is 15.4 Å². The molecule has 0 aliphatic carbocycles. The van der Waals surface area contributed by atoms with E-state index in [2.05, 4.69) is 37.8 Å². The fourth-order valence-electron chi connectivity index (χ4n) is 10.3. The van der Waals surface area contributed by atoms with Gasteiger partial charge in [-0.1, -0.05) is 120 Å². The Morgan fingerprint density at radius 2 is 1.56 bits per heavy atom. The second-order valence-electron chi connectivity index (χ2n) is 16.5. The van der Waals surface area contributed by atoms with Crippen LogP contribution in [0.25, 0.3) is 22.1 Å². The van der Waals surface area contributed by atoms with Gasteiger partial charge in [0.05, 0.1) is 47.7 Å². The Morgan fingerprint density at radius 3 is 2.36 bits per heavy atom. The van der Waals surface area contributed by atoms with E-state index in [4.69, 9.17) is 14.5 Å². The van der Waals surface area contributed by atoms with Crippen LogP contribution in [0.1, 0.15) is 51.8 Å². The summed E-state index contributed by atoms with van der Waals surface area (Å²) in [6.45, 7) is -0.0866. The first-order chi connectivity index (χ1) is 32.4. The average molecular weight is 875 g/mol. The van der Waals surface area contributed by atoms with Gasteiger partial charge in [0.25, 0.3) is 0 Å². The second kappa shape index (κ2) is 16.8. The monoisotopic (exact) mass is 874 g/mol. The van der Waals surface area contributed by atoms with Crippen LogP contribution in [0.15, 0.2) is 152 Å². The Bertz CT molecular complexity index is 3180. The molecule has 2 fully saturated rings. The smallest absolute Gasteiger partial charge is 0.324 e. The number of nitrogens with one attached hydrogen (secondary N) is 3. The van der Waals surface area contributed by atoms with Gasteiger partial charge in [0.1, 0.15) is 47.8 Å². The SMILES string of the molecule is O=C1OC(c2ccccc2)C(c2ccccc2)N2C1C(C(=O)NCc1nc3ccccc3[nH]1)C1(C(=O)Nc3ccc(C#CCn4nnc5ccccc54)cc31)C2c1ccccc1OCCO. The van der Waals surface area contributed by atoms with Crippen molar-refractivity contribution in [2.24, 2.45) is 5.92 Å². The van der Waals surface area contributed by atoms with Crippen molar-refractivity contribution >= 4 is 45.5 Å². The molecule has 6 unspecified atom stereocenters. The number of fused-ring (bicyclic) bond motifs is 5. The van der Waals surface area contributed by atoms with Crippen LogP contribution in [0.3, 0.4) is 0 Å². The summed E-state index contributed by atoms with van der Waals surface area (Å²) in [5, 5.41) is 24.8. The molecular formula is C52H42N8O6. The Hall–Kier alpha value is -8.12. The third-order valence-corrected chi connectivity index (χ3v) is 12.9. The molecule has 2 amide bonds. The zero-order chi connectivity index (χ0) is 44.8. The highest BCUT2D eigenvalue weighted by molar-refractivity contribution is 6.12. The lowest BCUT2D eigenvalue weighted by Crippen LogP contribution is -2.54. The molecule has 0 saturated carbocycles. The first-order valence-electron chi connectivity index (χ1n) is 21.8. The molecule has 6 aromatic carbocycles. The summed E-state index contributed by atoms with van der Waals surface area (Å²) in [6.07, 6.45) is -0.853. The average Bonchev–Trinajstić information content (AvgIpc) is 4.12. The summed E-state index contributed by atoms with van der Waals surface area (Å²) in [7, 11) is 0. The van der Waals surface area contributed by atoms with Crippen LogP contribution in [0.4, 0.5) is 5.69 Å². The molecule has 2 saturated heterocycles. The van der Waals surface area contributed by atoms with Crippen molar-refractivity contribution in [2.45, 2.75) is 42.7 Å². The van der Waals surface area contributed by atoms with E-state index in [0.29, 0.717) is 34.0 Å². The molecule has 8 aromatic rings. The van der Waals surface area contributed by atoms with Crippen molar-refractivity contribution in [1.29, 1.82) is 0 Å². The molecule has 3 aliphatic rings. The number of hydrogen-bond acceptors (Lipinski definition) is 10. The van der Waals surface area contributed by atoms with E-state index in [1.54, 1.807) is 16.8 Å². The predicted octanol–water partition coefficient (Wildman–Crippen LogP) is 6.32. The summed E-state index contributed by atoms with van der Waals surface area (Å²) in [5.41, 5.74) is 4.95. The zero-order valence-corrected chi connectivity index (χ0v) is 35.4. The van der Waals surface area contributed by atoms with Gasteiger partial charge >= 0.3 is 5.97 Å². The van der Waals surface area contributed by atoms with E-state index in [1.165, 1.54) is 0 Å². The number of para-hydroxylation sites is 4. The van der Waals surface area contributed by atoms with Gasteiger partial charge in [0.2, 0.25) is 11.8 Å². The Morgan fingerprint density at radius 1 is 0.833 bits per heavy atom. The number of nitrogens with zero attached hydrogens (tertiary/aromatic N) is 5. The lowest BCUT2D eigenvalue weighted by Gasteiger charge is -2.46. The molecule has 3 aliphatic heterocycles. The highest BCUT2D eigenvalue weighted by Gasteiger charge is 2.74. The number of aliphatic hydroxyl groups is 1. The topological polar surface area (TPSA) is 177 Å². The summed E-state index contributed by atoms with van der Waals surface area (Å²) in [5.74, 6) is 4.33. The number of carbonyl (C=O) groups excluding carboxylic acids is 3. The van der Waals surface area contributed by atoms with Crippen LogP contribution in [0.5, 0.6) is 5.75 Å². The maximum absolute atomic E-state index is 15.7. The number of morpholine rings is 1. The number of amides is 2. The highest BCUT2D eigenvalue weighted by Crippen LogP contribution is 2.65. The van der Waals surface area contributed by atoms with Crippen LogP contribution in [-0.2, 0) is 37.6 Å². The third kappa shape index (κ3) is 6.75. The van der Waals surface area contributed by atoms with Crippen molar-refractivity contribution in [3.8, 4) is 17.6 Å². The first kappa shape index (κ1) is 40.6. The lowest BCUT2D eigenvalue weighted by atomic mass is 9.65. The fraction of sp³-hybridized carbons (Fsp3) is 0.192. The molecule has 0 radical (unpaired) electrons. The molecule has 0 bridgehead atoms. The molecule has 14 heteroatoms. The van der Waals surface area contributed by atoms with E-state index in [9.17, 15) is 5.11 Å². The van der Waals surface area contributed by atoms with Gasteiger partial charge in [-0.3, -0.25) is 19.3 Å². The zero-order valence-electron chi connectivity index (χ0n) is 35.4. The molecule has 2 aromatic heterocycles. The van der Waals surface area contributed by atoms with Gasteiger partial charge in [-0.15, -0.1) is 5.10 Å². The van der Waals surface area contributed by atoms with Gasteiger partial charge in [-0.05, 0) is 65.2 Å². The fourth-order valence-corrected chi connectivity index (χ4v) is 10.3. The predicted molar refractivity (Wildman–Crippen MR) is 244 cm³/mol. The maximum Gasteiger partial charge on any atom is 0.324 e. The summed E-state index contributed by atoms with van der Waals surface area (Å²) in [6, 6.07) is 44.1. The number of imidazole rings is 1. The minimum absolute atomic E-state index is 0.0194. The molecule has 326 valence electrons. The van der Waals surface area contributed by atoms with Crippen molar-refractivity contribution in [1.82, 2.24) is 35.2 Å². The minimum atomic E-state index is -1.80. The number of esters is 1. The van der Waals surface area contributed by atoms with Gasteiger partial charge in [0.15, 0.2) is 0 Å². The number of H-pyrrole nitrogens is 1. The van der Waals surface area contributed by atoms with E-state index in [0.717, 1.165) is 33.2 Å². The van der Waals surface area contributed by atoms with Gasteiger partial charge in [-0.2, -0.15) is 0 Å². The van der Waals surface area contributed by atoms with Crippen molar-refractivity contribution in [2.75, 3.05) is 18.5 Å².